The standard InChI is InChI=1S/C8H8NO5P/c10-8(9-11)6-13-15(12)14-7-4-2-1-3-5-7/h1-5H,6H2,(H-,9,10,11)/p+1. The van der Waals surface area contributed by atoms with Crippen molar-refractivity contribution >= 4 is 14.2 Å². The van der Waals surface area contributed by atoms with Gasteiger partial charge in [0.05, 0.1) is 0 Å². The smallest absolute Gasteiger partial charge is 0.289 e. The highest BCUT2D eigenvalue weighted by Crippen LogP contribution is 2.26. The van der Waals surface area contributed by atoms with E-state index in [1.807, 2.05) is 0 Å². The van der Waals surface area contributed by atoms with Gasteiger partial charge in [0, 0.05) is 4.57 Å². The van der Waals surface area contributed by atoms with Gasteiger partial charge >= 0.3 is 8.25 Å². The second-order valence-electron chi connectivity index (χ2n) is 2.44. The Morgan fingerprint density at radius 1 is 1.40 bits per heavy atom. The molecule has 7 heteroatoms. The minimum Gasteiger partial charge on any atom is -0.289 e. The molecule has 0 radical (unpaired) electrons. The molecular weight excluding hydrogens is 221 g/mol. The summed E-state index contributed by atoms with van der Waals surface area (Å²) in [5.74, 6) is -0.418. The molecule has 1 rings (SSSR count). The van der Waals surface area contributed by atoms with E-state index in [9.17, 15) is 9.36 Å². The van der Waals surface area contributed by atoms with Crippen LogP contribution in [0.25, 0.3) is 0 Å². The third kappa shape index (κ3) is 4.51. The zero-order valence-corrected chi connectivity index (χ0v) is 8.52. The molecular formula is C8H9NO5P+. The van der Waals surface area contributed by atoms with Crippen LogP contribution in [-0.4, -0.2) is 17.7 Å². The highest BCUT2D eigenvalue weighted by atomic mass is 31.1. The first-order chi connectivity index (χ1) is 7.22. The van der Waals surface area contributed by atoms with Crippen LogP contribution in [0.15, 0.2) is 30.3 Å². The van der Waals surface area contributed by atoms with Crippen LogP contribution in [0.5, 0.6) is 5.75 Å². The molecule has 0 saturated carbocycles. The molecule has 0 aromatic heterocycles. The Morgan fingerprint density at radius 3 is 2.67 bits per heavy atom. The monoisotopic (exact) mass is 230 g/mol. The second kappa shape index (κ2) is 6.08. The average Bonchev–Trinajstić information content (AvgIpc) is 2.27. The van der Waals surface area contributed by atoms with Crippen LogP contribution in [0, 0.1) is 0 Å². The van der Waals surface area contributed by atoms with Crippen LogP contribution in [-0.2, 0) is 13.9 Å². The molecule has 0 fully saturated rings. The molecule has 0 aliphatic heterocycles. The van der Waals surface area contributed by atoms with Crippen LogP contribution in [0.4, 0.5) is 0 Å². The van der Waals surface area contributed by atoms with Crippen molar-refractivity contribution in [1.82, 2.24) is 5.48 Å². The lowest BCUT2D eigenvalue weighted by Gasteiger charge is -1.92. The number of hydroxylamine groups is 1. The predicted molar refractivity (Wildman–Crippen MR) is 50.6 cm³/mol. The van der Waals surface area contributed by atoms with Crippen molar-refractivity contribution in [3.63, 3.8) is 0 Å². The summed E-state index contributed by atoms with van der Waals surface area (Å²) in [5, 5.41) is 8.12. The molecule has 1 atom stereocenters. The van der Waals surface area contributed by atoms with Gasteiger partial charge in [0.2, 0.25) is 0 Å². The molecule has 0 aliphatic carbocycles. The van der Waals surface area contributed by atoms with E-state index in [1.54, 1.807) is 30.3 Å². The number of carbonyl (C=O) groups is 1. The summed E-state index contributed by atoms with van der Waals surface area (Å²) >= 11 is 0. The van der Waals surface area contributed by atoms with E-state index in [0.717, 1.165) is 0 Å². The fourth-order valence-corrected chi connectivity index (χ4v) is 1.31. The summed E-state index contributed by atoms with van der Waals surface area (Å²) < 4.78 is 20.4. The van der Waals surface area contributed by atoms with E-state index < -0.39 is 20.8 Å². The summed E-state index contributed by atoms with van der Waals surface area (Å²) in [6.45, 7) is -0.529. The maximum absolute atomic E-state index is 11.1. The molecule has 1 aromatic rings. The molecule has 1 aromatic carbocycles. The zero-order chi connectivity index (χ0) is 11.1. The largest absolute Gasteiger partial charge is 0.750 e. The highest BCUT2D eigenvalue weighted by molar-refractivity contribution is 7.33. The number of carbonyl (C=O) groups excluding carboxylic acids is 1. The van der Waals surface area contributed by atoms with Gasteiger partial charge in [-0.1, -0.05) is 18.2 Å². The molecule has 0 aliphatic rings. The number of rotatable bonds is 5. The van der Waals surface area contributed by atoms with E-state index in [0.29, 0.717) is 5.75 Å². The quantitative estimate of drug-likeness (QED) is 0.451. The minimum atomic E-state index is -2.42. The van der Waals surface area contributed by atoms with E-state index in [1.165, 1.54) is 5.48 Å². The molecule has 0 saturated heterocycles. The highest BCUT2D eigenvalue weighted by Gasteiger charge is 2.23. The summed E-state index contributed by atoms with van der Waals surface area (Å²) in [5.41, 5.74) is 1.34. The maximum Gasteiger partial charge on any atom is 0.750 e. The summed E-state index contributed by atoms with van der Waals surface area (Å²) in [4.78, 5) is 10.5. The van der Waals surface area contributed by atoms with Gasteiger partial charge in [0.1, 0.15) is 0 Å². The Bertz CT molecular complexity index is 342. The van der Waals surface area contributed by atoms with Gasteiger partial charge in [0.15, 0.2) is 12.4 Å². The first-order valence-corrected chi connectivity index (χ1v) is 5.08. The van der Waals surface area contributed by atoms with Crippen molar-refractivity contribution < 1.29 is 23.6 Å². The number of nitrogens with one attached hydrogen (secondary N) is 1. The molecule has 0 spiro atoms. The van der Waals surface area contributed by atoms with E-state index in [-0.39, 0.29) is 0 Å². The van der Waals surface area contributed by atoms with Crippen molar-refractivity contribution in [1.29, 1.82) is 0 Å². The SMILES string of the molecule is O=C(CO[P+](=O)Oc1ccccc1)NO. The first-order valence-electron chi connectivity index (χ1n) is 3.98. The Kier molecular flexibility index (Phi) is 4.70. The van der Waals surface area contributed by atoms with Crippen molar-refractivity contribution in [2.75, 3.05) is 6.61 Å². The molecule has 0 bridgehead atoms. The van der Waals surface area contributed by atoms with E-state index in [2.05, 4.69) is 4.52 Å². The number of benzene rings is 1. The third-order valence-corrected chi connectivity index (χ3v) is 2.05. The van der Waals surface area contributed by atoms with Crippen LogP contribution < -0.4 is 10.0 Å². The molecule has 2 N–H and O–H groups in total. The number of amides is 1. The van der Waals surface area contributed by atoms with E-state index in [4.69, 9.17) is 9.73 Å². The van der Waals surface area contributed by atoms with Gasteiger partial charge in [-0.05, 0) is 12.1 Å². The van der Waals surface area contributed by atoms with Gasteiger partial charge in [-0.3, -0.25) is 10.0 Å². The van der Waals surface area contributed by atoms with Crippen molar-refractivity contribution in [2.45, 2.75) is 0 Å². The Morgan fingerprint density at radius 2 is 2.07 bits per heavy atom. The lowest BCUT2D eigenvalue weighted by atomic mass is 10.3. The molecule has 0 heterocycles. The van der Waals surface area contributed by atoms with E-state index >= 15 is 0 Å². The van der Waals surface area contributed by atoms with Gasteiger partial charge in [-0.2, -0.15) is 0 Å². The molecule has 80 valence electrons. The number of hydrogen-bond acceptors (Lipinski definition) is 5. The summed E-state index contributed by atoms with van der Waals surface area (Å²) in [7, 11) is -2.42. The molecule has 15 heavy (non-hydrogen) atoms. The topological polar surface area (TPSA) is 84.9 Å². The van der Waals surface area contributed by atoms with Gasteiger partial charge in [-0.15, -0.1) is 4.52 Å². The van der Waals surface area contributed by atoms with Gasteiger partial charge in [-0.25, -0.2) is 10.0 Å². The Balaban J connectivity index is 2.34. The molecule has 1 unspecified atom stereocenters. The number of hydrogen-bond donors (Lipinski definition) is 2. The maximum atomic E-state index is 11.1. The second-order valence-corrected chi connectivity index (χ2v) is 3.32. The third-order valence-electron chi connectivity index (χ3n) is 1.35. The van der Waals surface area contributed by atoms with Crippen molar-refractivity contribution in [3.05, 3.63) is 30.3 Å². The average molecular weight is 230 g/mol. The normalized spacial score (nSPS) is 10.6. The Labute approximate surface area is 86.7 Å². The lowest BCUT2D eigenvalue weighted by molar-refractivity contribution is -0.131. The van der Waals surface area contributed by atoms with Crippen LogP contribution in [0.1, 0.15) is 0 Å². The predicted octanol–water partition coefficient (Wildman–Crippen LogP) is 1.24. The first kappa shape index (κ1) is 11.6. The van der Waals surface area contributed by atoms with Crippen molar-refractivity contribution in [3.8, 4) is 5.75 Å². The van der Waals surface area contributed by atoms with Crippen LogP contribution in [0.2, 0.25) is 0 Å². The molecule has 1 amide bonds. The lowest BCUT2D eigenvalue weighted by Crippen LogP contribution is -2.22. The summed E-state index contributed by atoms with van der Waals surface area (Å²) in [6.07, 6.45) is 0. The Hall–Kier alpha value is -1.49. The van der Waals surface area contributed by atoms with Crippen LogP contribution >= 0.6 is 8.25 Å². The minimum absolute atomic E-state index is 0.378. The zero-order valence-electron chi connectivity index (χ0n) is 7.62. The fraction of sp³-hybridized carbons (Fsp3) is 0.125. The van der Waals surface area contributed by atoms with Gasteiger partial charge in [0.25, 0.3) is 5.91 Å². The summed E-state index contributed by atoms with van der Waals surface area (Å²) in [6, 6.07) is 8.39. The molecule has 6 nitrogen and oxygen atoms in total. The van der Waals surface area contributed by atoms with Crippen LogP contribution in [0.3, 0.4) is 0 Å². The van der Waals surface area contributed by atoms with Gasteiger partial charge < -0.3 is 0 Å². The number of para-hydroxylation sites is 1. The van der Waals surface area contributed by atoms with Crippen molar-refractivity contribution in [2.24, 2.45) is 0 Å². The fourth-order valence-electron chi connectivity index (χ4n) is 0.737.